The monoisotopic (exact) mass is 463 g/mol. The molecule has 0 aliphatic carbocycles. The van der Waals surface area contributed by atoms with Crippen molar-refractivity contribution in [2.24, 2.45) is 10.3 Å². The van der Waals surface area contributed by atoms with Crippen LogP contribution in [0.4, 0.5) is 5.69 Å². The van der Waals surface area contributed by atoms with E-state index in [4.69, 9.17) is 0 Å². The van der Waals surface area contributed by atoms with E-state index in [-0.39, 0.29) is 16.7 Å². The van der Waals surface area contributed by atoms with Gasteiger partial charge in [0, 0.05) is 24.6 Å². The van der Waals surface area contributed by atoms with E-state index in [1.165, 1.54) is 0 Å². The molecule has 2 aromatic carbocycles. The van der Waals surface area contributed by atoms with Crippen molar-refractivity contribution in [3.8, 4) is 5.69 Å². The number of aryl methyl sites for hydroxylation is 1. The lowest BCUT2D eigenvalue weighted by atomic mass is 9.95. The molecule has 0 bridgehead atoms. The second-order valence-electron chi connectivity index (χ2n) is 8.43. The molecule has 1 aromatic heterocycles. The Hall–Kier alpha value is -3.46. The Morgan fingerprint density at radius 1 is 1.00 bits per heavy atom. The molecule has 9 heteroatoms. The SMILES string of the molecule is Cc1nn(-c2ccccc2)c(C)c1NC(=O)C1CCN(C2=NS(=O)(=O)c3ccccc32)CC1. The predicted octanol–water partition coefficient (Wildman–Crippen LogP) is 3.29. The molecule has 3 heterocycles. The normalized spacial score (nSPS) is 17.5. The first-order chi connectivity index (χ1) is 15.8. The zero-order chi connectivity index (χ0) is 23.2. The number of sulfonamides is 1. The highest BCUT2D eigenvalue weighted by atomic mass is 32.2. The summed E-state index contributed by atoms with van der Waals surface area (Å²) in [5, 5.41) is 7.68. The van der Waals surface area contributed by atoms with Gasteiger partial charge in [0.25, 0.3) is 10.0 Å². The first-order valence-corrected chi connectivity index (χ1v) is 12.4. The highest BCUT2D eigenvalue weighted by Gasteiger charge is 2.34. The molecule has 8 nitrogen and oxygen atoms in total. The van der Waals surface area contributed by atoms with Gasteiger partial charge in [-0.3, -0.25) is 4.79 Å². The maximum Gasteiger partial charge on any atom is 0.285 e. The van der Waals surface area contributed by atoms with Crippen molar-refractivity contribution in [1.29, 1.82) is 0 Å². The van der Waals surface area contributed by atoms with Crippen LogP contribution in [0.3, 0.4) is 0 Å². The summed E-state index contributed by atoms with van der Waals surface area (Å²) in [5.41, 5.74) is 3.97. The fourth-order valence-corrected chi connectivity index (χ4v) is 5.77. The molecule has 33 heavy (non-hydrogen) atoms. The number of hydrogen-bond donors (Lipinski definition) is 1. The molecular weight excluding hydrogens is 438 g/mol. The minimum Gasteiger partial charge on any atom is -0.355 e. The van der Waals surface area contributed by atoms with Crippen molar-refractivity contribution in [3.63, 3.8) is 0 Å². The number of rotatable bonds is 3. The van der Waals surface area contributed by atoms with Crippen LogP contribution in [-0.2, 0) is 14.8 Å². The molecule has 1 saturated heterocycles. The van der Waals surface area contributed by atoms with Crippen molar-refractivity contribution >= 4 is 27.5 Å². The zero-order valence-corrected chi connectivity index (χ0v) is 19.3. The molecular formula is C24H25N5O3S. The average Bonchev–Trinajstić information content (AvgIpc) is 3.27. The van der Waals surface area contributed by atoms with Crippen molar-refractivity contribution < 1.29 is 13.2 Å². The molecule has 0 saturated carbocycles. The summed E-state index contributed by atoms with van der Waals surface area (Å²) < 4.78 is 30.6. The number of likely N-dealkylation sites (tertiary alicyclic amines) is 1. The minimum atomic E-state index is -3.65. The number of benzene rings is 2. The number of anilines is 1. The van der Waals surface area contributed by atoms with Crippen LogP contribution in [0.1, 0.15) is 29.8 Å². The summed E-state index contributed by atoms with van der Waals surface area (Å²) in [6.07, 6.45) is 1.25. The maximum absolute atomic E-state index is 13.1. The van der Waals surface area contributed by atoms with E-state index in [0.29, 0.717) is 37.3 Å². The van der Waals surface area contributed by atoms with Gasteiger partial charge in [-0.25, -0.2) is 4.68 Å². The lowest BCUT2D eigenvalue weighted by Gasteiger charge is -2.32. The van der Waals surface area contributed by atoms with Crippen molar-refractivity contribution in [1.82, 2.24) is 14.7 Å². The molecule has 0 spiro atoms. The van der Waals surface area contributed by atoms with Crippen LogP contribution in [0.25, 0.3) is 5.69 Å². The molecule has 2 aliphatic rings. The molecule has 3 aromatic rings. The summed E-state index contributed by atoms with van der Waals surface area (Å²) in [5.74, 6) is 0.295. The van der Waals surface area contributed by atoms with Gasteiger partial charge < -0.3 is 10.2 Å². The quantitative estimate of drug-likeness (QED) is 0.643. The van der Waals surface area contributed by atoms with Crippen LogP contribution in [0.5, 0.6) is 0 Å². The van der Waals surface area contributed by atoms with Crippen LogP contribution < -0.4 is 5.32 Å². The van der Waals surface area contributed by atoms with Crippen LogP contribution >= 0.6 is 0 Å². The number of carbonyl (C=O) groups is 1. The van der Waals surface area contributed by atoms with E-state index in [9.17, 15) is 13.2 Å². The van der Waals surface area contributed by atoms with Gasteiger partial charge in [-0.15, -0.1) is 4.40 Å². The number of fused-ring (bicyclic) bond motifs is 1. The fraction of sp³-hybridized carbons (Fsp3) is 0.292. The Kier molecular flexibility index (Phi) is 5.28. The topological polar surface area (TPSA) is 96.7 Å². The third kappa shape index (κ3) is 3.82. The van der Waals surface area contributed by atoms with E-state index in [1.807, 2.05) is 59.8 Å². The smallest absolute Gasteiger partial charge is 0.285 e. The van der Waals surface area contributed by atoms with Gasteiger partial charge in [-0.2, -0.15) is 13.5 Å². The number of para-hydroxylation sites is 1. The Labute approximate surface area is 193 Å². The number of nitrogens with zero attached hydrogens (tertiary/aromatic N) is 4. The predicted molar refractivity (Wildman–Crippen MR) is 126 cm³/mol. The standard InChI is InChI=1S/C24H25N5O3S/c1-16-22(17(2)29(26-16)19-8-4-3-5-9-19)25-24(30)18-12-14-28(15-13-18)23-20-10-6-7-11-21(20)33(31,32)27-23/h3-11,18H,12-15H2,1-2H3,(H,25,30). The second-order valence-corrected chi connectivity index (χ2v) is 10.0. The summed E-state index contributed by atoms with van der Waals surface area (Å²) in [6.45, 7) is 4.98. The van der Waals surface area contributed by atoms with Crippen LogP contribution in [0.2, 0.25) is 0 Å². The van der Waals surface area contributed by atoms with E-state index in [0.717, 1.165) is 22.8 Å². The molecule has 1 fully saturated rings. The second kappa shape index (κ2) is 8.15. The largest absolute Gasteiger partial charge is 0.355 e. The molecule has 1 N–H and O–H groups in total. The maximum atomic E-state index is 13.1. The molecule has 2 aliphatic heterocycles. The average molecular weight is 464 g/mol. The lowest BCUT2D eigenvalue weighted by Crippen LogP contribution is -2.41. The number of aromatic nitrogens is 2. The Balaban J connectivity index is 1.28. The van der Waals surface area contributed by atoms with E-state index in [1.54, 1.807) is 18.2 Å². The number of carbonyl (C=O) groups excluding carboxylic acids is 1. The van der Waals surface area contributed by atoms with Crippen molar-refractivity contribution in [2.75, 3.05) is 18.4 Å². The summed E-state index contributed by atoms with van der Waals surface area (Å²) in [4.78, 5) is 15.3. The van der Waals surface area contributed by atoms with Crippen molar-refractivity contribution in [2.45, 2.75) is 31.6 Å². The summed E-state index contributed by atoms with van der Waals surface area (Å²) in [7, 11) is -3.65. The van der Waals surface area contributed by atoms with Crippen LogP contribution in [0, 0.1) is 19.8 Å². The van der Waals surface area contributed by atoms with Gasteiger partial charge in [-0.1, -0.05) is 30.3 Å². The highest BCUT2D eigenvalue weighted by molar-refractivity contribution is 7.90. The van der Waals surface area contributed by atoms with Crippen LogP contribution in [-0.4, -0.2) is 47.9 Å². The van der Waals surface area contributed by atoms with Gasteiger partial charge in [0.2, 0.25) is 5.91 Å². The first-order valence-electron chi connectivity index (χ1n) is 11.0. The van der Waals surface area contributed by atoms with Gasteiger partial charge >= 0.3 is 0 Å². The van der Waals surface area contributed by atoms with Crippen LogP contribution in [0.15, 0.2) is 63.9 Å². The van der Waals surface area contributed by atoms with Crippen molar-refractivity contribution in [3.05, 3.63) is 71.5 Å². The van der Waals surface area contributed by atoms with Gasteiger partial charge in [-0.05, 0) is 51.0 Å². The molecule has 1 amide bonds. The summed E-state index contributed by atoms with van der Waals surface area (Å²) >= 11 is 0. The molecule has 170 valence electrons. The molecule has 0 radical (unpaired) electrons. The fourth-order valence-electron chi connectivity index (χ4n) is 4.54. The Morgan fingerprint density at radius 2 is 1.67 bits per heavy atom. The van der Waals surface area contributed by atoms with Gasteiger partial charge in [0.05, 0.1) is 22.8 Å². The molecule has 0 unspecified atom stereocenters. The molecule has 5 rings (SSSR count). The Bertz CT molecular complexity index is 1350. The number of piperidine rings is 1. The lowest BCUT2D eigenvalue weighted by molar-refractivity contribution is -0.121. The number of amides is 1. The van der Waals surface area contributed by atoms with E-state index in [2.05, 4.69) is 14.8 Å². The number of nitrogens with one attached hydrogen (secondary N) is 1. The first kappa shape index (κ1) is 21.4. The zero-order valence-electron chi connectivity index (χ0n) is 18.5. The summed E-state index contributed by atoms with van der Waals surface area (Å²) in [6, 6.07) is 16.7. The number of amidine groups is 1. The minimum absolute atomic E-state index is 0.0326. The van der Waals surface area contributed by atoms with E-state index >= 15 is 0 Å². The van der Waals surface area contributed by atoms with Gasteiger partial charge in [0.1, 0.15) is 4.90 Å². The van der Waals surface area contributed by atoms with Gasteiger partial charge in [0.15, 0.2) is 5.84 Å². The number of hydrogen-bond acceptors (Lipinski definition) is 5. The third-order valence-electron chi connectivity index (χ3n) is 6.32. The van der Waals surface area contributed by atoms with E-state index < -0.39 is 10.0 Å². The highest BCUT2D eigenvalue weighted by Crippen LogP contribution is 2.30. The third-order valence-corrected chi connectivity index (χ3v) is 7.64. The Morgan fingerprint density at radius 3 is 2.39 bits per heavy atom. The molecule has 0 atom stereocenters.